The summed E-state index contributed by atoms with van der Waals surface area (Å²) in [5.41, 5.74) is 2.01. The number of halogens is 1. The van der Waals surface area contributed by atoms with Crippen LogP contribution in [-0.4, -0.2) is 57.1 Å². The van der Waals surface area contributed by atoms with Gasteiger partial charge in [0.2, 0.25) is 5.91 Å². The van der Waals surface area contributed by atoms with Gasteiger partial charge in [-0.25, -0.2) is 17.8 Å². The average molecular weight is 464 g/mol. The first-order chi connectivity index (χ1) is 14.7. The summed E-state index contributed by atoms with van der Waals surface area (Å²) >= 11 is 1.43. The van der Waals surface area contributed by atoms with Crippen LogP contribution in [-0.2, 0) is 21.1 Å². The Bertz CT molecular complexity index is 1160. The summed E-state index contributed by atoms with van der Waals surface area (Å²) in [6, 6.07) is 10.7. The Morgan fingerprint density at radius 1 is 1.10 bits per heavy atom. The summed E-state index contributed by atoms with van der Waals surface area (Å²) in [5.74, 6) is -1.16. The summed E-state index contributed by atoms with van der Waals surface area (Å²) in [7, 11) is 0.126. The number of hydrogen-bond acceptors (Lipinski definition) is 6. The number of anilines is 1. The molecule has 1 aromatic heterocycles. The Hall–Kier alpha value is -2.36. The van der Waals surface area contributed by atoms with Crippen molar-refractivity contribution in [2.75, 3.05) is 37.8 Å². The monoisotopic (exact) mass is 463 g/mol. The van der Waals surface area contributed by atoms with Crippen LogP contribution in [0.4, 0.5) is 9.52 Å². The predicted molar refractivity (Wildman–Crippen MR) is 123 cm³/mol. The topological polar surface area (TPSA) is 70.6 Å². The lowest BCUT2D eigenvalue weighted by Gasteiger charge is -2.22. The summed E-state index contributed by atoms with van der Waals surface area (Å²) < 4.78 is 39.2. The molecule has 3 rings (SSSR count). The number of aromatic nitrogens is 1. The van der Waals surface area contributed by atoms with Crippen LogP contribution >= 0.6 is 11.3 Å². The van der Waals surface area contributed by atoms with Gasteiger partial charge in [0.1, 0.15) is 5.82 Å². The van der Waals surface area contributed by atoms with Crippen molar-refractivity contribution in [3.05, 3.63) is 53.8 Å². The summed E-state index contributed by atoms with van der Waals surface area (Å²) in [6.45, 7) is 3.10. The van der Waals surface area contributed by atoms with E-state index < -0.39 is 15.7 Å². The fourth-order valence-corrected chi connectivity index (χ4v) is 5.34. The van der Waals surface area contributed by atoms with E-state index in [9.17, 15) is 17.6 Å². The van der Waals surface area contributed by atoms with E-state index in [1.165, 1.54) is 29.0 Å². The maximum Gasteiger partial charge on any atom is 0.229 e. The van der Waals surface area contributed by atoms with Crippen LogP contribution < -0.4 is 4.90 Å². The van der Waals surface area contributed by atoms with Crippen molar-refractivity contribution in [3.63, 3.8) is 0 Å². The fraction of sp³-hybridized carbons (Fsp3) is 0.364. The SMILES string of the molecule is CCc1ccc2nc(N(CCN(C)C)C(=O)CCS(=O)(=O)c3ccc(F)cc3)sc2c1. The van der Waals surface area contributed by atoms with Crippen LogP contribution in [0.2, 0.25) is 0 Å². The molecule has 6 nitrogen and oxygen atoms in total. The predicted octanol–water partition coefficient (Wildman–Crippen LogP) is 3.76. The number of amides is 1. The largest absolute Gasteiger partial charge is 0.308 e. The Morgan fingerprint density at radius 3 is 2.45 bits per heavy atom. The van der Waals surface area contributed by atoms with E-state index in [4.69, 9.17) is 0 Å². The molecule has 31 heavy (non-hydrogen) atoms. The first-order valence-electron chi connectivity index (χ1n) is 10.0. The Labute approximate surface area is 186 Å². The molecule has 0 saturated carbocycles. The van der Waals surface area contributed by atoms with E-state index in [0.717, 1.165) is 28.8 Å². The number of likely N-dealkylation sites (N-methyl/N-ethyl adjacent to an activating group) is 1. The molecular formula is C22H26FN3O3S2. The highest BCUT2D eigenvalue weighted by molar-refractivity contribution is 7.91. The van der Waals surface area contributed by atoms with Gasteiger partial charge < -0.3 is 4.90 Å². The minimum atomic E-state index is -3.69. The molecule has 2 aromatic carbocycles. The van der Waals surface area contributed by atoms with Crippen LogP contribution in [0.15, 0.2) is 47.4 Å². The van der Waals surface area contributed by atoms with Crippen molar-refractivity contribution >= 4 is 42.4 Å². The number of rotatable bonds is 9. The second kappa shape index (κ2) is 9.84. The van der Waals surface area contributed by atoms with Gasteiger partial charge in [-0.2, -0.15) is 0 Å². The zero-order valence-corrected chi connectivity index (χ0v) is 19.5. The molecule has 0 atom stereocenters. The molecule has 0 N–H and O–H groups in total. The van der Waals surface area contributed by atoms with Gasteiger partial charge in [0.25, 0.3) is 0 Å². The maximum absolute atomic E-state index is 13.1. The molecule has 0 unspecified atom stereocenters. The van der Waals surface area contributed by atoms with Gasteiger partial charge in [-0.05, 0) is 62.5 Å². The number of fused-ring (bicyclic) bond motifs is 1. The van der Waals surface area contributed by atoms with Gasteiger partial charge in [0.15, 0.2) is 15.0 Å². The Morgan fingerprint density at radius 2 is 1.81 bits per heavy atom. The lowest BCUT2D eigenvalue weighted by atomic mass is 10.2. The van der Waals surface area contributed by atoms with Crippen LogP contribution in [0.25, 0.3) is 10.2 Å². The second-order valence-electron chi connectivity index (χ2n) is 7.52. The second-order valence-corrected chi connectivity index (χ2v) is 10.6. The number of nitrogens with zero attached hydrogens (tertiary/aromatic N) is 3. The third-order valence-corrected chi connectivity index (χ3v) is 7.68. The van der Waals surface area contributed by atoms with Gasteiger partial charge in [-0.15, -0.1) is 0 Å². The van der Waals surface area contributed by atoms with Crippen molar-refractivity contribution < 1.29 is 17.6 Å². The van der Waals surface area contributed by atoms with Gasteiger partial charge >= 0.3 is 0 Å². The molecule has 0 aliphatic carbocycles. The minimum absolute atomic E-state index is 0.00798. The van der Waals surface area contributed by atoms with Crippen molar-refractivity contribution in [2.45, 2.75) is 24.7 Å². The number of thiazole rings is 1. The van der Waals surface area contributed by atoms with Crippen LogP contribution in [0, 0.1) is 5.82 Å². The Balaban J connectivity index is 1.81. The molecule has 1 amide bonds. The van der Waals surface area contributed by atoms with Gasteiger partial charge in [0, 0.05) is 19.5 Å². The zero-order valence-electron chi connectivity index (χ0n) is 17.8. The molecule has 0 saturated heterocycles. The van der Waals surface area contributed by atoms with Gasteiger partial charge in [0.05, 0.1) is 20.9 Å². The zero-order chi connectivity index (χ0) is 22.6. The molecular weight excluding hydrogens is 437 g/mol. The number of carbonyl (C=O) groups excluding carboxylic acids is 1. The smallest absolute Gasteiger partial charge is 0.229 e. The van der Waals surface area contributed by atoms with Crippen molar-refractivity contribution in [3.8, 4) is 0 Å². The molecule has 0 aliphatic rings. The van der Waals surface area contributed by atoms with Crippen LogP contribution in [0.5, 0.6) is 0 Å². The fourth-order valence-electron chi connectivity index (χ4n) is 3.04. The van der Waals surface area contributed by atoms with Crippen molar-refractivity contribution in [1.82, 2.24) is 9.88 Å². The lowest BCUT2D eigenvalue weighted by Crippen LogP contribution is -2.37. The summed E-state index contributed by atoms with van der Waals surface area (Å²) in [4.78, 5) is 21.2. The van der Waals surface area contributed by atoms with Crippen LogP contribution in [0.1, 0.15) is 18.9 Å². The lowest BCUT2D eigenvalue weighted by molar-refractivity contribution is -0.118. The molecule has 0 radical (unpaired) electrons. The molecule has 0 bridgehead atoms. The van der Waals surface area contributed by atoms with Gasteiger partial charge in [-0.1, -0.05) is 24.3 Å². The highest BCUT2D eigenvalue weighted by Crippen LogP contribution is 2.30. The van der Waals surface area contributed by atoms with E-state index in [2.05, 4.69) is 18.0 Å². The molecule has 0 spiro atoms. The van der Waals surface area contributed by atoms with Crippen LogP contribution in [0.3, 0.4) is 0 Å². The van der Waals surface area contributed by atoms with Gasteiger partial charge in [-0.3, -0.25) is 9.69 Å². The van der Waals surface area contributed by atoms with E-state index in [0.29, 0.717) is 18.2 Å². The van der Waals surface area contributed by atoms with E-state index >= 15 is 0 Å². The van der Waals surface area contributed by atoms with Crippen molar-refractivity contribution in [2.24, 2.45) is 0 Å². The molecule has 0 aliphatic heterocycles. The quantitative estimate of drug-likeness (QED) is 0.452. The number of carbonyl (C=O) groups is 1. The highest BCUT2D eigenvalue weighted by atomic mass is 32.2. The normalized spacial score (nSPS) is 11.9. The number of benzene rings is 2. The van der Waals surface area contributed by atoms with E-state index in [-0.39, 0.29) is 23.0 Å². The Kier molecular flexibility index (Phi) is 7.40. The third kappa shape index (κ3) is 5.87. The maximum atomic E-state index is 13.1. The molecule has 3 aromatic rings. The first-order valence-corrected chi connectivity index (χ1v) is 12.5. The van der Waals surface area contributed by atoms with E-state index in [1.54, 1.807) is 4.90 Å². The first kappa shape index (κ1) is 23.3. The van der Waals surface area contributed by atoms with E-state index in [1.807, 2.05) is 31.1 Å². The number of sulfone groups is 1. The standard InChI is InChI=1S/C22H26FN3O3S2/c1-4-16-5-10-19-20(15-16)30-22(24-19)26(13-12-25(2)3)21(27)11-14-31(28,29)18-8-6-17(23)7-9-18/h5-10,15H,4,11-14H2,1-3H3. The highest BCUT2D eigenvalue weighted by Gasteiger charge is 2.23. The molecule has 9 heteroatoms. The number of hydrogen-bond donors (Lipinski definition) is 0. The average Bonchev–Trinajstić information content (AvgIpc) is 3.15. The number of aryl methyl sites for hydroxylation is 1. The van der Waals surface area contributed by atoms with Crippen molar-refractivity contribution in [1.29, 1.82) is 0 Å². The minimum Gasteiger partial charge on any atom is -0.308 e. The third-order valence-electron chi connectivity index (χ3n) is 4.91. The summed E-state index contributed by atoms with van der Waals surface area (Å²) in [5, 5.41) is 0.564. The summed E-state index contributed by atoms with van der Waals surface area (Å²) in [6.07, 6.45) is 0.733. The molecule has 1 heterocycles. The molecule has 166 valence electrons. The molecule has 0 fully saturated rings.